The Morgan fingerprint density at radius 1 is 1.11 bits per heavy atom. The van der Waals surface area contributed by atoms with Crippen molar-refractivity contribution in [3.8, 4) is 0 Å². The molecule has 2 fully saturated rings. The minimum absolute atomic E-state index is 0.00667. The number of alkyl carbamates (subject to hydrolysis) is 1. The standard InChI is InChI=1S/C26H37F3N2O4/c1-17(2)24(11-10-18(16-24)30-22(33)35-23(3,4)5)21(32)31-14-12-25(34,13-15-31)19-8-6-7-9-20(19)26(27,28)29/h6-9,17-18,34H,10-16H2,1-5H3,(H,30,33)/t18-,24?/m1/s1. The van der Waals surface area contributed by atoms with Crippen LogP contribution in [0.3, 0.4) is 0 Å². The molecule has 6 nitrogen and oxygen atoms in total. The number of nitrogens with one attached hydrogen (secondary N) is 1. The highest BCUT2D eigenvalue weighted by Crippen LogP contribution is 2.47. The maximum atomic E-state index is 13.7. The Balaban J connectivity index is 1.71. The third-order valence-electron chi connectivity index (χ3n) is 7.41. The lowest BCUT2D eigenvalue weighted by atomic mass is 9.73. The second-order valence-corrected chi connectivity index (χ2v) is 11.3. The van der Waals surface area contributed by atoms with E-state index in [0.29, 0.717) is 19.3 Å². The molecule has 0 radical (unpaired) electrons. The van der Waals surface area contributed by atoms with Crippen LogP contribution in [-0.4, -0.2) is 46.7 Å². The lowest BCUT2D eigenvalue weighted by Gasteiger charge is -2.44. The van der Waals surface area contributed by atoms with Gasteiger partial charge in [0.2, 0.25) is 5.91 Å². The van der Waals surface area contributed by atoms with E-state index < -0.39 is 34.5 Å². The summed E-state index contributed by atoms with van der Waals surface area (Å²) in [5, 5.41) is 14.0. The molecule has 1 unspecified atom stereocenters. The third-order valence-corrected chi connectivity index (χ3v) is 7.41. The maximum Gasteiger partial charge on any atom is 0.416 e. The first-order chi connectivity index (χ1) is 16.1. The Kier molecular flexibility index (Phi) is 7.52. The molecule has 2 N–H and O–H groups in total. The number of aliphatic hydroxyl groups is 1. The van der Waals surface area contributed by atoms with Crippen LogP contribution in [0.1, 0.15) is 77.8 Å². The number of piperidine rings is 1. The number of hydrogen-bond donors (Lipinski definition) is 2. The van der Waals surface area contributed by atoms with Crippen LogP contribution in [0.15, 0.2) is 24.3 Å². The first kappa shape index (κ1) is 27.3. The number of likely N-dealkylation sites (tertiary alicyclic amines) is 1. The van der Waals surface area contributed by atoms with Gasteiger partial charge in [-0.05, 0) is 70.4 Å². The number of carbonyl (C=O) groups excluding carboxylic acids is 2. The van der Waals surface area contributed by atoms with Crippen LogP contribution < -0.4 is 5.32 Å². The smallest absolute Gasteiger partial charge is 0.416 e. The van der Waals surface area contributed by atoms with Crippen LogP contribution in [0, 0.1) is 11.3 Å². The van der Waals surface area contributed by atoms with Crippen LogP contribution in [-0.2, 0) is 21.3 Å². The summed E-state index contributed by atoms with van der Waals surface area (Å²) in [6, 6.07) is 4.90. The third kappa shape index (κ3) is 5.93. The summed E-state index contributed by atoms with van der Waals surface area (Å²) in [5.74, 6) is -0.0562. The predicted octanol–water partition coefficient (Wildman–Crippen LogP) is 5.24. The molecule has 3 rings (SSSR count). The Morgan fingerprint density at radius 2 is 1.71 bits per heavy atom. The van der Waals surface area contributed by atoms with Gasteiger partial charge in [-0.1, -0.05) is 32.0 Å². The summed E-state index contributed by atoms with van der Waals surface area (Å²) < 4.78 is 45.9. The van der Waals surface area contributed by atoms with Gasteiger partial charge in [0, 0.05) is 19.1 Å². The molecular formula is C26H37F3N2O4. The Labute approximate surface area is 205 Å². The quantitative estimate of drug-likeness (QED) is 0.596. The molecule has 2 atom stereocenters. The lowest BCUT2D eigenvalue weighted by molar-refractivity contribution is -0.151. The fourth-order valence-corrected chi connectivity index (χ4v) is 5.44. The van der Waals surface area contributed by atoms with Crippen molar-refractivity contribution in [2.75, 3.05) is 13.1 Å². The summed E-state index contributed by atoms with van der Waals surface area (Å²) in [6.45, 7) is 9.65. The highest BCUT2D eigenvalue weighted by Gasteiger charge is 2.51. The summed E-state index contributed by atoms with van der Waals surface area (Å²) in [5.41, 5.74) is -3.93. The van der Waals surface area contributed by atoms with Gasteiger partial charge in [-0.2, -0.15) is 13.2 Å². The number of nitrogens with zero attached hydrogens (tertiary/aromatic N) is 1. The maximum absolute atomic E-state index is 13.7. The Hall–Kier alpha value is -2.29. The van der Waals surface area contributed by atoms with E-state index in [1.165, 1.54) is 18.2 Å². The highest BCUT2D eigenvalue weighted by molar-refractivity contribution is 5.84. The fourth-order valence-electron chi connectivity index (χ4n) is 5.44. The van der Waals surface area contributed by atoms with E-state index >= 15 is 0 Å². The van der Waals surface area contributed by atoms with E-state index in [1.54, 1.807) is 25.7 Å². The molecular weight excluding hydrogens is 461 g/mol. The summed E-state index contributed by atoms with van der Waals surface area (Å²) in [4.78, 5) is 27.6. The van der Waals surface area contributed by atoms with E-state index in [-0.39, 0.29) is 49.4 Å². The Morgan fingerprint density at radius 3 is 2.26 bits per heavy atom. The zero-order chi connectivity index (χ0) is 26.2. The molecule has 1 heterocycles. The number of halogens is 3. The van der Waals surface area contributed by atoms with Crippen molar-refractivity contribution in [3.63, 3.8) is 0 Å². The number of hydrogen-bond acceptors (Lipinski definition) is 4. The molecule has 1 aliphatic heterocycles. The molecule has 196 valence electrons. The van der Waals surface area contributed by atoms with Crippen LogP contribution in [0.5, 0.6) is 0 Å². The van der Waals surface area contributed by atoms with Crippen molar-refractivity contribution >= 4 is 12.0 Å². The molecule has 35 heavy (non-hydrogen) atoms. The zero-order valence-corrected chi connectivity index (χ0v) is 21.2. The average molecular weight is 499 g/mol. The number of rotatable bonds is 4. The molecule has 2 aliphatic rings. The van der Waals surface area contributed by atoms with Crippen molar-refractivity contribution in [1.82, 2.24) is 10.2 Å². The van der Waals surface area contributed by atoms with E-state index in [4.69, 9.17) is 4.74 Å². The minimum Gasteiger partial charge on any atom is -0.444 e. The van der Waals surface area contributed by atoms with Crippen molar-refractivity contribution < 1.29 is 32.6 Å². The molecule has 0 aromatic heterocycles. The number of ether oxygens (including phenoxy) is 1. The van der Waals surface area contributed by atoms with Gasteiger partial charge in [-0.25, -0.2) is 4.79 Å². The molecule has 1 aromatic rings. The average Bonchev–Trinajstić information content (AvgIpc) is 3.17. The molecule has 2 amide bonds. The van der Waals surface area contributed by atoms with Gasteiger partial charge in [0.25, 0.3) is 0 Å². The van der Waals surface area contributed by atoms with Crippen LogP contribution >= 0.6 is 0 Å². The molecule has 1 aliphatic carbocycles. The minimum atomic E-state index is -4.57. The zero-order valence-electron chi connectivity index (χ0n) is 21.2. The summed E-state index contributed by atoms with van der Waals surface area (Å²) >= 11 is 0. The van der Waals surface area contributed by atoms with Crippen LogP contribution in [0.2, 0.25) is 0 Å². The van der Waals surface area contributed by atoms with Gasteiger partial charge in [0.05, 0.1) is 16.6 Å². The van der Waals surface area contributed by atoms with Gasteiger partial charge in [-0.3, -0.25) is 4.79 Å². The molecule has 0 bridgehead atoms. The summed E-state index contributed by atoms with van der Waals surface area (Å²) in [6.07, 6.45) is -3.32. The molecule has 0 spiro atoms. The van der Waals surface area contributed by atoms with E-state index in [1.807, 2.05) is 13.8 Å². The fraction of sp³-hybridized carbons (Fsp3) is 0.692. The van der Waals surface area contributed by atoms with E-state index in [0.717, 1.165) is 6.07 Å². The van der Waals surface area contributed by atoms with E-state index in [9.17, 15) is 27.9 Å². The van der Waals surface area contributed by atoms with Gasteiger partial charge < -0.3 is 20.1 Å². The van der Waals surface area contributed by atoms with Crippen LogP contribution in [0.4, 0.5) is 18.0 Å². The van der Waals surface area contributed by atoms with Gasteiger partial charge >= 0.3 is 12.3 Å². The number of amides is 2. The summed E-state index contributed by atoms with van der Waals surface area (Å²) in [7, 11) is 0. The SMILES string of the molecule is CC(C)C1(C(=O)N2CCC(O)(c3ccccc3C(F)(F)F)CC2)CC[C@@H](NC(=O)OC(C)(C)C)C1. The molecule has 1 aromatic carbocycles. The monoisotopic (exact) mass is 498 g/mol. The van der Waals surface area contributed by atoms with Gasteiger partial charge in [0.1, 0.15) is 5.60 Å². The molecule has 1 saturated heterocycles. The molecule has 1 saturated carbocycles. The lowest BCUT2D eigenvalue weighted by Crippen LogP contribution is -2.52. The van der Waals surface area contributed by atoms with Crippen LogP contribution in [0.25, 0.3) is 0 Å². The van der Waals surface area contributed by atoms with Crippen molar-refractivity contribution in [2.45, 2.75) is 90.1 Å². The van der Waals surface area contributed by atoms with E-state index in [2.05, 4.69) is 5.32 Å². The van der Waals surface area contributed by atoms with Crippen molar-refractivity contribution in [2.24, 2.45) is 11.3 Å². The first-order valence-electron chi connectivity index (χ1n) is 12.3. The normalized spacial score (nSPS) is 25.0. The molecule has 9 heteroatoms. The number of benzene rings is 1. The predicted molar refractivity (Wildman–Crippen MR) is 125 cm³/mol. The highest BCUT2D eigenvalue weighted by atomic mass is 19.4. The van der Waals surface area contributed by atoms with Crippen molar-refractivity contribution in [1.29, 1.82) is 0 Å². The first-order valence-corrected chi connectivity index (χ1v) is 12.3. The Bertz CT molecular complexity index is 933. The number of carbonyl (C=O) groups is 2. The topological polar surface area (TPSA) is 78.9 Å². The van der Waals surface area contributed by atoms with Gasteiger partial charge in [-0.15, -0.1) is 0 Å². The second-order valence-electron chi connectivity index (χ2n) is 11.3. The van der Waals surface area contributed by atoms with Gasteiger partial charge in [0.15, 0.2) is 0 Å². The van der Waals surface area contributed by atoms with Crippen molar-refractivity contribution in [3.05, 3.63) is 35.4 Å². The largest absolute Gasteiger partial charge is 0.444 e. The number of alkyl halides is 3. The second kappa shape index (κ2) is 9.64.